The minimum atomic E-state index is -0.479. The van der Waals surface area contributed by atoms with E-state index in [0.717, 1.165) is 11.3 Å². The fourth-order valence-electron chi connectivity index (χ4n) is 1.24. The molecule has 19 heavy (non-hydrogen) atoms. The van der Waals surface area contributed by atoms with Gasteiger partial charge in [-0.15, -0.1) is 11.3 Å². The van der Waals surface area contributed by atoms with E-state index in [0.29, 0.717) is 10.6 Å². The fraction of sp³-hybridized carbons (Fsp3) is 0.455. The molecule has 0 radical (unpaired) electrons. The molecule has 1 rings (SSSR count). The van der Waals surface area contributed by atoms with Crippen LogP contribution in [0.5, 0.6) is 0 Å². The third-order valence-electron chi connectivity index (χ3n) is 2.48. The van der Waals surface area contributed by atoms with E-state index < -0.39 is 11.8 Å². The average molecular weight is 284 g/mol. The predicted molar refractivity (Wildman–Crippen MR) is 70.9 cm³/mol. The number of thiazole rings is 1. The quantitative estimate of drug-likeness (QED) is 0.686. The molecule has 0 spiro atoms. The highest BCUT2D eigenvalue weighted by Crippen LogP contribution is 2.17. The topological polar surface area (TPSA) is 114 Å². The third-order valence-corrected chi connectivity index (χ3v) is 3.63. The molecule has 0 unspecified atom stereocenters. The van der Waals surface area contributed by atoms with Crippen molar-refractivity contribution in [2.75, 3.05) is 13.6 Å². The summed E-state index contributed by atoms with van der Waals surface area (Å²) in [6.07, 6.45) is 0. The van der Waals surface area contributed by atoms with Gasteiger partial charge < -0.3 is 16.4 Å². The number of nitrogens with two attached hydrogens (primary N) is 1. The molecular weight excluding hydrogens is 268 g/mol. The van der Waals surface area contributed by atoms with E-state index in [9.17, 15) is 14.4 Å². The van der Waals surface area contributed by atoms with Crippen LogP contribution in [-0.2, 0) is 4.79 Å². The molecule has 1 aromatic rings. The first kappa shape index (κ1) is 15.1. The van der Waals surface area contributed by atoms with Gasteiger partial charge in [-0.05, 0) is 6.92 Å². The minimum absolute atomic E-state index is 0.154. The zero-order valence-corrected chi connectivity index (χ0v) is 11.8. The van der Waals surface area contributed by atoms with Crippen LogP contribution >= 0.6 is 11.3 Å². The van der Waals surface area contributed by atoms with Crippen LogP contribution in [0.1, 0.15) is 32.1 Å². The van der Waals surface area contributed by atoms with E-state index in [1.54, 1.807) is 13.8 Å². The molecule has 0 fully saturated rings. The highest BCUT2D eigenvalue weighted by Gasteiger charge is 2.19. The maximum absolute atomic E-state index is 11.9. The maximum Gasteiger partial charge on any atom is 0.280 e. The summed E-state index contributed by atoms with van der Waals surface area (Å²) in [5.41, 5.74) is 5.58. The van der Waals surface area contributed by atoms with Crippen LogP contribution in [-0.4, -0.2) is 36.3 Å². The van der Waals surface area contributed by atoms with Gasteiger partial charge in [0.1, 0.15) is 4.88 Å². The Hall–Kier alpha value is -1.96. The van der Waals surface area contributed by atoms with E-state index in [-0.39, 0.29) is 23.4 Å². The van der Waals surface area contributed by atoms with Gasteiger partial charge in [-0.1, -0.05) is 6.92 Å². The fourth-order valence-corrected chi connectivity index (χ4v) is 2.17. The van der Waals surface area contributed by atoms with Gasteiger partial charge >= 0.3 is 0 Å². The first-order chi connectivity index (χ1) is 8.86. The lowest BCUT2D eigenvalue weighted by Gasteiger charge is -2.08. The van der Waals surface area contributed by atoms with Crippen molar-refractivity contribution < 1.29 is 14.4 Å². The lowest BCUT2D eigenvalue weighted by atomic mass is 10.2. The number of aromatic nitrogens is 1. The summed E-state index contributed by atoms with van der Waals surface area (Å²) < 4.78 is 0. The Kier molecular flexibility index (Phi) is 4.99. The lowest BCUT2D eigenvalue weighted by molar-refractivity contribution is -0.121. The van der Waals surface area contributed by atoms with Crippen molar-refractivity contribution in [2.45, 2.75) is 13.8 Å². The summed E-state index contributed by atoms with van der Waals surface area (Å²) in [5.74, 6) is -1.63. The number of carbonyl (C=O) groups is 3. The number of amides is 3. The van der Waals surface area contributed by atoms with Crippen LogP contribution in [0, 0.1) is 12.8 Å². The Morgan fingerprint density at radius 1 is 1.37 bits per heavy atom. The zero-order chi connectivity index (χ0) is 14.6. The monoisotopic (exact) mass is 284 g/mol. The molecule has 7 nitrogen and oxygen atoms in total. The van der Waals surface area contributed by atoms with Crippen LogP contribution < -0.4 is 16.4 Å². The van der Waals surface area contributed by atoms with Crippen LogP contribution in [0.2, 0.25) is 0 Å². The van der Waals surface area contributed by atoms with Crippen molar-refractivity contribution in [3.05, 3.63) is 15.6 Å². The average Bonchev–Trinajstić information content (AvgIpc) is 2.76. The number of nitrogens with one attached hydrogen (secondary N) is 2. The lowest BCUT2D eigenvalue weighted by Crippen LogP contribution is -2.34. The number of primary amides is 1. The molecule has 0 bridgehead atoms. The largest absolute Gasteiger partial charge is 0.369 e. The molecule has 0 saturated carbocycles. The number of hydrogen-bond acceptors (Lipinski definition) is 5. The van der Waals surface area contributed by atoms with Crippen LogP contribution in [0.3, 0.4) is 0 Å². The summed E-state index contributed by atoms with van der Waals surface area (Å²) in [4.78, 5) is 38.5. The maximum atomic E-state index is 11.9. The van der Waals surface area contributed by atoms with Gasteiger partial charge in [-0.2, -0.15) is 0 Å². The molecule has 1 heterocycles. The van der Waals surface area contributed by atoms with Crippen molar-refractivity contribution in [3.8, 4) is 0 Å². The number of hydrogen-bond donors (Lipinski definition) is 3. The van der Waals surface area contributed by atoms with E-state index in [1.165, 1.54) is 7.05 Å². The Morgan fingerprint density at radius 3 is 2.53 bits per heavy atom. The summed E-state index contributed by atoms with van der Waals surface area (Å²) in [7, 11) is 1.49. The number of rotatable bonds is 5. The first-order valence-corrected chi connectivity index (χ1v) is 6.45. The van der Waals surface area contributed by atoms with Gasteiger partial charge in [0.15, 0.2) is 5.01 Å². The number of carbonyl (C=O) groups excluding carboxylic acids is 3. The van der Waals surface area contributed by atoms with Gasteiger partial charge in [-0.25, -0.2) is 4.98 Å². The summed E-state index contributed by atoms with van der Waals surface area (Å²) in [6, 6.07) is 0. The van der Waals surface area contributed by atoms with Crippen molar-refractivity contribution in [2.24, 2.45) is 11.7 Å². The molecule has 0 aromatic carbocycles. The molecule has 0 aliphatic heterocycles. The number of aryl methyl sites for hydroxylation is 1. The van der Waals surface area contributed by atoms with Crippen molar-refractivity contribution in [1.29, 1.82) is 0 Å². The predicted octanol–water partition coefficient (Wildman–Crippen LogP) is -0.338. The number of nitrogens with zero attached hydrogens (tertiary/aromatic N) is 1. The van der Waals surface area contributed by atoms with Gasteiger partial charge in [0.2, 0.25) is 5.91 Å². The Bertz CT molecular complexity index is 512. The third kappa shape index (κ3) is 3.75. The van der Waals surface area contributed by atoms with Gasteiger partial charge in [0, 0.05) is 13.6 Å². The highest BCUT2D eigenvalue weighted by atomic mass is 32.1. The normalized spacial score (nSPS) is 11.7. The summed E-state index contributed by atoms with van der Waals surface area (Å²) >= 11 is 1.01. The minimum Gasteiger partial charge on any atom is -0.369 e. The molecule has 0 aliphatic carbocycles. The standard InChI is InChI=1S/C11H16N4O3S/c1-5(8(12)16)4-14-9(17)7-6(2)15-11(19-7)10(18)13-3/h5H,4H2,1-3H3,(H2,12,16)(H,13,18)(H,14,17)/t5-/m1/s1. The van der Waals surface area contributed by atoms with E-state index in [2.05, 4.69) is 15.6 Å². The van der Waals surface area contributed by atoms with Gasteiger partial charge in [0.25, 0.3) is 11.8 Å². The smallest absolute Gasteiger partial charge is 0.280 e. The van der Waals surface area contributed by atoms with Crippen LogP contribution in [0.25, 0.3) is 0 Å². The molecule has 0 saturated heterocycles. The van der Waals surface area contributed by atoms with Gasteiger partial charge in [-0.3, -0.25) is 14.4 Å². The summed E-state index contributed by atoms with van der Waals surface area (Å²) in [5, 5.41) is 5.26. The second-order valence-electron chi connectivity index (χ2n) is 4.03. The van der Waals surface area contributed by atoms with Crippen molar-refractivity contribution in [1.82, 2.24) is 15.6 Å². The van der Waals surface area contributed by atoms with E-state index in [1.807, 2.05) is 0 Å². The van der Waals surface area contributed by atoms with Gasteiger partial charge in [0.05, 0.1) is 11.6 Å². The zero-order valence-electron chi connectivity index (χ0n) is 10.9. The molecular formula is C11H16N4O3S. The first-order valence-electron chi connectivity index (χ1n) is 5.63. The van der Waals surface area contributed by atoms with Crippen molar-refractivity contribution >= 4 is 29.1 Å². The Morgan fingerprint density at radius 2 is 2.00 bits per heavy atom. The molecule has 104 valence electrons. The Labute approximate surface area is 114 Å². The molecule has 1 aromatic heterocycles. The second kappa shape index (κ2) is 6.28. The molecule has 1 atom stereocenters. The molecule has 8 heteroatoms. The Balaban J connectivity index is 2.75. The molecule has 0 aliphatic rings. The summed E-state index contributed by atoms with van der Waals surface area (Å²) in [6.45, 7) is 3.42. The SMILES string of the molecule is CNC(=O)c1nc(C)c(C(=O)NC[C@@H](C)C(N)=O)s1. The second-order valence-corrected chi connectivity index (χ2v) is 5.03. The molecule has 4 N–H and O–H groups in total. The van der Waals surface area contributed by atoms with Crippen LogP contribution in [0.15, 0.2) is 0 Å². The highest BCUT2D eigenvalue weighted by molar-refractivity contribution is 7.15. The van der Waals surface area contributed by atoms with E-state index >= 15 is 0 Å². The van der Waals surface area contributed by atoms with Crippen molar-refractivity contribution in [3.63, 3.8) is 0 Å². The van der Waals surface area contributed by atoms with Crippen LogP contribution in [0.4, 0.5) is 0 Å². The van der Waals surface area contributed by atoms with E-state index in [4.69, 9.17) is 5.73 Å². The molecule has 3 amide bonds.